The lowest BCUT2D eigenvalue weighted by atomic mass is 10.0. The maximum atomic E-state index is 11.6. The molecule has 0 saturated heterocycles. The molecule has 1 aromatic rings. The summed E-state index contributed by atoms with van der Waals surface area (Å²) in [7, 11) is 3.47. The number of rotatable bonds is 6. The van der Waals surface area contributed by atoms with Crippen molar-refractivity contribution in [1.82, 2.24) is 15.5 Å². The molecule has 0 unspecified atom stereocenters. The largest absolute Gasteiger partial charge is 0.357 e. The van der Waals surface area contributed by atoms with Crippen molar-refractivity contribution in [1.29, 1.82) is 0 Å². The number of hydrogen-bond acceptors (Lipinski definition) is 2. The molecule has 0 fully saturated rings. The summed E-state index contributed by atoms with van der Waals surface area (Å²) in [6.07, 6.45) is 0.935. The Morgan fingerprint density at radius 1 is 1.18 bits per heavy atom. The van der Waals surface area contributed by atoms with Crippen molar-refractivity contribution in [3.05, 3.63) is 34.9 Å². The van der Waals surface area contributed by atoms with Gasteiger partial charge in [0.25, 0.3) is 0 Å². The molecular formula is C17H28N4O. The summed E-state index contributed by atoms with van der Waals surface area (Å²) in [4.78, 5) is 17.5. The third-order valence-electron chi connectivity index (χ3n) is 3.53. The van der Waals surface area contributed by atoms with E-state index in [1.807, 2.05) is 6.92 Å². The Balaban J connectivity index is 2.58. The monoisotopic (exact) mass is 304 g/mol. The van der Waals surface area contributed by atoms with Crippen LogP contribution in [0.2, 0.25) is 0 Å². The fourth-order valence-electron chi connectivity index (χ4n) is 2.18. The Kier molecular flexibility index (Phi) is 7.43. The van der Waals surface area contributed by atoms with Crippen LogP contribution in [0.1, 0.15) is 23.6 Å². The van der Waals surface area contributed by atoms with Gasteiger partial charge in [0, 0.05) is 27.2 Å². The minimum Gasteiger partial charge on any atom is -0.357 e. The highest BCUT2D eigenvalue weighted by atomic mass is 16.2. The van der Waals surface area contributed by atoms with Gasteiger partial charge in [-0.15, -0.1) is 0 Å². The third kappa shape index (κ3) is 5.76. The van der Waals surface area contributed by atoms with Gasteiger partial charge in [0.1, 0.15) is 6.54 Å². The molecule has 0 spiro atoms. The van der Waals surface area contributed by atoms with E-state index in [1.165, 1.54) is 16.7 Å². The molecule has 0 aromatic heterocycles. The number of aliphatic imine (C=N–C) groups is 1. The molecule has 2 N–H and O–H groups in total. The molecule has 0 aliphatic carbocycles. The van der Waals surface area contributed by atoms with Crippen LogP contribution in [-0.2, 0) is 11.2 Å². The smallest absolute Gasteiger partial charge is 0.243 e. The topological polar surface area (TPSA) is 56.7 Å². The zero-order valence-corrected chi connectivity index (χ0v) is 14.4. The summed E-state index contributed by atoms with van der Waals surface area (Å²) in [5.74, 6) is 0.677. The van der Waals surface area contributed by atoms with Crippen LogP contribution >= 0.6 is 0 Å². The van der Waals surface area contributed by atoms with Crippen LogP contribution in [-0.4, -0.2) is 50.5 Å². The summed E-state index contributed by atoms with van der Waals surface area (Å²) < 4.78 is 0. The lowest BCUT2D eigenvalue weighted by Gasteiger charge is -2.14. The number of guanidine groups is 1. The Labute approximate surface area is 133 Å². The van der Waals surface area contributed by atoms with Crippen LogP contribution < -0.4 is 10.6 Å². The van der Waals surface area contributed by atoms with Crippen LogP contribution in [0.5, 0.6) is 0 Å². The number of likely N-dealkylation sites (N-methyl/N-ethyl adjacent to an activating group) is 1. The van der Waals surface area contributed by atoms with Gasteiger partial charge in [0.05, 0.1) is 0 Å². The highest BCUT2D eigenvalue weighted by Gasteiger charge is 2.05. The van der Waals surface area contributed by atoms with Crippen LogP contribution in [0.25, 0.3) is 0 Å². The number of carbonyl (C=O) groups excluding carboxylic acids is 1. The summed E-state index contributed by atoms with van der Waals surface area (Å²) in [6, 6.07) is 6.36. The van der Waals surface area contributed by atoms with Crippen LogP contribution in [0.4, 0.5) is 0 Å². The van der Waals surface area contributed by atoms with Crippen molar-refractivity contribution in [3.63, 3.8) is 0 Å². The van der Waals surface area contributed by atoms with E-state index in [0.717, 1.165) is 19.5 Å². The standard InChI is InChI=1S/C17H28N4O/c1-6-18-17(20-12-16(22)21(4)5)19-11-10-15-13(2)8-7-9-14(15)3/h7-9H,6,10-12H2,1-5H3,(H2,18,19,20). The molecule has 0 heterocycles. The third-order valence-corrected chi connectivity index (χ3v) is 3.53. The molecule has 0 atom stereocenters. The van der Waals surface area contributed by atoms with Gasteiger partial charge < -0.3 is 15.5 Å². The van der Waals surface area contributed by atoms with Crippen molar-refractivity contribution in [2.24, 2.45) is 4.99 Å². The molecular weight excluding hydrogens is 276 g/mol. The fourth-order valence-corrected chi connectivity index (χ4v) is 2.18. The second-order valence-electron chi connectivity index (χ2n) is 5.53. The van der Waals surface area contributed by atoms with E-state index in [9.17, 15) is 4.79 Å². The van der Waals surface area contributed by atoms with Gasteiger partial charge in [-0.1, -0.05) is 18.2 Å². The van der Waals surface area contributed by atoms with Crippen molar-refractivity contribution in [2.75, 3.05) is 33.7 Å². The molecule has 1 amide bonds. The van der Waals surface area contributed by atoms with Crippen molar-refractivity contribution in [3.8, 4) is 0 Å². The summed E-state index contributed by atoms with van der Waals surface area (Å²) in [5.41, 5.74) is 3.99. The first-order valence-corrected chi connectivity index (χ1v) is 7.73. The minimum absolute atomic E-state index is 0.00745. The number of carbonyl (C=O) groups is 1. The van der Waals surface area contributed by atoms with Gasteiger partial charge in [-0.3, -0.25) is 4.79 Å². The van der Waals surface area contributed by atoms with Gasteiger partial charge in [0.15, 0.2) is 5.96 Å². The molecule has 1 rings (SSSR count). The maximum absolute atomic E-state index is 11.6. The van der Waals surface area contributed by atoms with Gasteiger partial charge >= 0.3 is 0 Å². The number of nitrogens with one attached hydrogen (secondary N) is 2. The minimum atomic E-state index is -0.00745. The SMILES string of the molecule is CCNC(=NCC(=O)N(C)C)NCCc1c(C)cccc1C. The molecule has 0 bridgehead atoms. The van der Waals surface area contributed by atoms with Crippen molar-refractivity contribution >= 4 is 11.9 Å². The molecule has 0 saturated carbocycles. The number of aryl methyl sites for hydroxylation is 2. The molecule has 0 aliphatic rings. The van der Waals surface area contributed by atoms with Crippen molar-refractivity contribution in [2.45, 2.75) is 27.2 Å². The summed E-state index contributed by atoms with van der Waals surface area (Å²) >= 11 is 0. The Hall–Kier alpha value is -2.04. The predicted octanol–water partition coefficient (Wildman–Crippen LogP) is 1.49. The van der Waals surface area contributed by atoms with Crippen LogP contribution in [0, 0.1) is 13.8 Å². The van der Waals surface area contributed by atoms with Gasteiger partial charge in [-0.2, -0.15) is 0 Å². The first-order chi connectivity index (χ1) is 10.5. The second-order valence-corrected chi connectivity index (χ2v) is 5.53. The van der Waals surface area contributed by atoms with E-state index in [4.69, 9.17) is 0 Å². The first-order valence-electron chi connectivity index (χ1n) is 7.73. The average molecular weight is 304 g/mol. The van der Waals surface area contributed by atoms with Crippen LogP contribution in [0.15, 0.2) is 23.2 Å². The normalized spacial score (nSPS) is 11.2. The zero-order chi connectivity index (χ0) is 16.5. The van der Waals surface area contributed by atoms with E-state index < -0.39 is 0 Å². The molecule has 0 radical (unpaired) electrons. The van der Waals surface area contributed by atoms with E-state index >= 15 is 0 Å². The molecule has 22 heavy (non-hydrogen) atoms. The summed E-state index contributed by atoms with van der Waals surface area (Å²) in [5, 5.41) is 6.45. The summed E-state index contributed by atoms with van der Waals surface area (Å²) in [6.45, 7) is 8.00. The van der Waals surface area contributed by atoms with Gasteiger partial charge in [-0.05, 0) is 43.9 Å². The number of amides is 1. The molecule has 122 valence electrons. The molecule has 0 aliphatic heterocycles. The fraction of sp³-hybridized carbons (Fsp3) is 0.529. The first kappa shape index (κ1) is 18.0. The van der Waals surface area contributed by atoms with Gasteiger partial charge in [-0.25, -0.2) is 4.99 Å². The van der Waals surface area contributed by atoms with E-state index in [2.05, 4.69) is 47.7 Å². The lowest BCUT2D eigenvalue weighted by molar-refractivity contribution is -0.127. The van der Waals surface area contributed by atoms with Crippen LogP contribution in [0.3, 0.4) is 0 Å². The average Bonchev–Trinajstić information content (AvgIpc) is 2.47. The number of nitrogens with zero attached hydrogens (tertiary/aromatic N) is 2. The van der Waals surface area contributed by atoms with E-state index in [0.29, 0.717) is 5.96 Å². The van der Waals surface area contributed by atoms with E-state index in [1.54, 1.807) is 19.0 Å². The quantitative estimate of drug-likeness (QED) is 0.618. The highest BCUT2D eigenvalue weighted by molar-refractivity contribution is 5.84. The Morgan fingerprint density at radius 2 is 1.82 bits per heavy atom. The molecule has 5 heteroatoms. The second kappa shape index (κ2) is 9.07. The molecule has 1 aromatic carbocycles. The zero-order valence-electron chi connectivity index (χ0n) is 14.4. The van der Waals surface area contributed by atoms with Gasteiger partial charge in [0.2, 0.25) is 5.91 Å². The molecule has 5 nitrogen and oxygen atoms in total. The predicted molar refractivity (Wildman–Crippen MR) is 92.3 cm³/mol. The lowest BCUT2D eigenvalue weighted by Crippen LogP contribution is -2.39. The Bertz CT molecular complexity index is 503. The number of benzene rings is 1. The highest BCUT2D eigenvalue weighted by Crippen LogP contribution is 2.13. The van der Waals surface area contributed by atoms with Crippen molar-refractivity contribution < 1.29 is 4.79 Å². The van der Waals surface area contributed by atoms with E-state index in [-0.39, 0.29) is 12.5 Å². The maximum Gasteiger partial charge on any atom is 0.243 e. The Morgan fingerprint density at radius 3 is 2.36 bits per heavy atom. The number of hydrogen-bond donors (Lipinski definition) is 2.